The molecule has 4 heteroatoms. The summed E-state index contributed by atoms with van der Waals surface area (Å²) >= 11 is 0. The van der Waals surface area contributed by atoms with E-state index >= 15 is 0 Å². The molecule has 1 unspecified atom stereocenters. The Hall–Kier alpha value is -3.27. The second kappa shape index (κ2) is 8.82. The second-order valence-electron chi connectivity index (χ2n) is 7.60. The summed E-state index contributed by atoms with van der Waals surface area (Å²) in [4.78, 5) is 15.2. The van der Waals surface area contributed by atoms with Crippen LogP contribution in [0.1, 0.15) is 29.3 Å². The van der Waals surface area contributed by atoms with E-state index in [1.165, 1.54) is 12.1 Å². The Morgan fingerprint density at radius 2 is 1.72 bits per heavy atom. The maximum atomic E-state index is 12.9. The fourth-order valence-electron chi connectivity index (χ4n) is 3.67. The van der Waals surface area contributed by atoms with E-state index in [2.05, 4.69) is 29.3 Å². The molecule has 3 aromatic rings. The van der Waals surface area contributed by atoms with Crippen LogP contribution >= 0.6 is 0 Å². The number of hydrogen-bond donors (Lipinski definition) is 1. The average Bonchev–Trinajstić information content (AvgIpc) is 3.20. The van der Waals surface area contributed by atoms with Crippen LogP contribution in [0.25, 0.3) is 0 Å². The summed E-state index contributed by atoms with van der Waals surface area (Å²) in [7, 11) is 0. The maximum Gasteiger partial charge on any atom is 0.256 e. The lowest BCUT2D eigenvalue weighted by Crippen LogP contribution is -2.19. The van der Waals surface area contributed by atoms with E-state index in [4.69, 9.17) is 4.74 Å². The van der Waals surface area contributed by atoms with E-state index in [1.54, 1.807) is 0 Å². The van der Waals surface area contributed by atoms with Gasteiger partial charge in [0.2, 0.25) is 0 Å². The van der Waals surface area contributed by atoms with Crippen LogP contribution in [-0.2, 0) is 6.61 Å². The van der Waals surface area contributed by atoms with Gasteiger partial charge in [-0.3, -0.25) is 4.79 Å². The number of carbonyl (C=O) groups excluding carboxylic acids is 1. The van der Waals surface area contributed by atoms with E-state index in [0.717, 1.165) is 36.0 Å². The predicted octanol–water partition coefficient (Wildman–Crippen LogP) is 5.36. The Labute approximate surface area is 172 Å². The topological polar surface area (TPSA) is 41.6 Å². The number of nitrogens with zero attached hydrogens (tertiary/aromatic N) is 1. The average molecular weight is 386 g/mol. The Bertz CT molecular complexity index is 954. The number of rotatable bonds is 6. The van der Waals surface area contributed by atoms with Gasteiger partial charge in [0, 0.05) is 35.6 Å². The zero-order valence-corrected chi connectivity index (χ0v) is 16.7. The van der Waals surface area contributed by atoms with Gasteiger partial charge in [-0.05, 0) is 54.8 Å². The van der Waals surface area contributed by atoms with Crippen LogP contribution in [0.4, 0.5) is 11.4 Å². The van der Waals surface area contributed by atoms with Crippen molar-refractivity contribution in [2.75, 3.05) is 23.3 Å². The summed E-state index contributed by atoms with van der Waals surface area (Å²) in [5, 5.41) is 3.01. The first-order valence-corrected chi connectivity index (χ1v) is 10.1. The molecule has 0 saturated carbocycles. The minimum atomic E-state index is -0.125. The summed E-state index contributed by atoms with van der Waals surface area (Å²) in [6.07, 6.45) is 1.24. The molecule has 0 aliphatic carbocycles. The number of para-hydroxylation sites is 1. The molecule has 0 radical (unpaired) electrons. The van der Waals surface area contributed by atoms with Gasteiger partial charge in [0.15, 0.2) is 0 Å². The van der Waals surface area contributed by atoms with Crippen molar-refractivity contribution < 1.29 is 9.53 Å². The number of ether oxygens (including phenoxy) is 1. The van der Waals surface area contributed by atoms with Gasteiger partial charge in [-0.1, -0.05) is 43.3 Å². The van der Waals surface area contributed by atoms with E-state index in [0.29, 0.717) is 12.2 Å². The molecule has 1 heterocycles. The normalized spacial score (nSPS) is 15.9. The molecule has 4 nitrogen and oxygen atoms in total. The Balaban J connectivity index is 1.42. The summed E-state index contributed by atoms with van der Waals surface area (Å²) in [5.74, 6) is 1.40. The van der Waals surface area contributed by atoms with E-state index in [1.807, 2.05) is 66.7 Å². The van der Waals surface area contributed by atoms with Crippen molar-refractivity contribution in [1.82, 2.24) is 0 Å². The van der Waals surface area contributed by atoms with E-state index in [9.17, 15) is 4.79 Å². The molecule has 3 aromatic carbocycles. The number of hydrogen-bond acceptors (Lipinski definition) is 3. The molecule has 1 aliphatic rings. The van der Waals surface area contributed by atoms with Gasteiger partial charge in [0.05, 0.1) is 0 Å². The zero-order chi connectivity index (χ0) is 20.1. The Morgan fingerprint density at radius 1 is 1.00 bits per heavy atom. The minimum Gasteiger partial charge on any atom is -0.489 e. The molecule has 0 aromatic heterocycles. The van der Waals surface area contributed by atoms with Gasteiger partial charge < -0.3 is 15.0 Å². The fraction of sp³-hybridized carbons (Fsp3) is 0.240. The lowest BCUT2D eigenvalue weighted by molar-refractivity contribution is 0.102. The molecular weight excluding hydrogens is 360 g/mol. The first-order valence-electron chi connectivity index (χ1n) is 10.1. The van der Waals surface area contributed by atoms with Crippen molar-refractivity contribution in [2.45, 2.75) is 20.0 Å². The number of carbonyl (C=O) groups is 1. The molecule has 148 valence electrons. The third-order valence-corrected chi connectivity index (χ3v) is 5.31. The van der Waals surface area contributed by atoms with Gasteiger partial charge in [-0.25, -0.2) is 0 Å². The molecule has 1 N–H and O–H groups in total. The van der Waals surface area contributed by atoms with Crippen molar-refractivity contribution in [2.24, 2.45) is 5.92 Å². The van der Waals surface area contributed by atoms with Crippen molar-refractivity contribution in [3.63, 3.8) is 0 Å². The highest BCUT2D eigenvalue weighted by molar-refractivity contribution is 6.05. The smallest absolute Gasteiger partial charge is 0.256 e. The molecule has 1 amide bonds. The SMILES string of the molecule is CC1CCN(c2ccc(NC(=O)c3ccccc3COc3ccccc3)cc2)C1. The van der Waals surface area contributed by atoms with Crippen molar-refractivity contribution in [3.05, 3.63) is 90.0 Å². The largest absolute Gasteiger partial charge is 0.489 e. The minimum absolute atomic E-state index is 0.125. The Kier molecular flexibility index (Phi) is 5.80. The monoisotopic (exact) mass is 386 g/mol. The van der Waals surface area contributed by atoms with Crippen molar-refractivity contribution in [1.29, 1.82) is 0 Å². The summed E-state index contributed by atoms with van der Waals surface area (Å²) in [6, 6.07) is 25.3. The van der Waals surface area contributed by atoms with Gasteiger partial charge in [0.1, 0.15) is 12.4 Å². The highest BCUT2D eigenvalue weighted by Crippen LogP contribution is 2.25. The molecular formula is C25H26N2O2. The molecule has 29 heavy (non-hydrogen) atoms. The molecule has 4 rings (SSSR count). The standard InChI is InChI=1S/C25H26N2O2/c1-19-15-16-27(17-19)22-13-11-21(12-14-22)26-25(28)24-10-6-5-7-20(24)18-29-23-8-3-2-4-9-23/h2-14,19H,15-18H2,1H3,(H,26,28). The van der Waals surface area contributed by atoms with Crippen LogP contribution in [0.15, 0.2) is 78.9 Å². The highest BCUT2D eigenvalue weighted by atomic mass is 16.5. The molecule has 1 aliphatic heterocycles. The van der Waals surface area contributed by atoms with Gasteiger partial charge >= 0.3 is 0 Å². The summed E-state index contributed by atoms with van der Waals surface area (Å²) in [6.45, 7) is 4.83. The van der Waals surface area contributed by atoms with Crippen LogP contribution in [-0.4, -0.2) is 19.0 Å². The van der Waals surface area contributed by atoms with Crippen molar-refractivity contribution >= 4 is 17.3 Å². The first kappa shape index (κ1) is 19.1. The third kappa shape index (κ3) is 4.77. The lowest BCUT2D eigenvalue weighted by Gasteiger charge is -2.18. The number of amides is 1. The highest BCUT2D eigenvalue weighted by Gasteiger charge is 2.19. The third-order valence-electron chi connectivity index (χ3n) is 5.31. The van der Waals surface area contributed by atoms with Gasteiger partial charge in [-0.15, -0.1) is 0 Å². The molecule has 1 atom stereocenters. The van der Waals surface area contributed by atoms with E-state index < -0.39 is 0 Å². The van der Waals surface area contributed by atoms with Crippen LogP contribution in [0, 0.1) is 5.92 Å². The molecule has 1 fully saturated rings. The lowest BCUT2D eigenvalue weighted by atomic mass is 10.1. The summed E-state index contributed by atoms with van der Waals surface area (Å²) in [5.41, 5.74) is 3.49. The number of nitrogens with one attached hydrogen (secondary N) is 1. The second-order valence-corrected chi connectivity index (χ2v) is 7.60. The maximum absolute atomic E-state index is 12.9. The Morgan fingerprint density at radius 3 is 2.45 bits per heavy atom. The fourth-order valence-corrected chi connectivity index (χ4v) is 3.67. The predicted molar refractivity (Wildman–Crippen MR) is 118 cm³/mol. The molecule has 1 saturated heterocycles. The van der Waals surface area contributed by atoms with Crippen molar-refractivity contribution in [3.8, 4) is 5.75 Å². The number of anilines is 2. The first-order chi connectivity index (χ1) is 14.2. The van der Waals surface area contributed by atoms with Crippen LogP contribution in [0.5, 0.6) is 5.75 Å². The van der Waals surface area contributed by atoms with Crippen LogP contribution < -0.4 is 15.0 Å². The van der Waals surface area contributed by atoms with Gasteiger partial charge in [0.25, 0.3) is 5.91 Å². The van der Waals surface area contributed by atoms with Crippen LogP contribution in [0.2, 0.25) is 0 Å². The van der Waals surface area contributed by atoms with Crippen LogP contribution in [0.3, 0.4) is 0 Å². The molecule has 0 bridgehead atoms. The molecule has 0 spiro atoms. The summed E-state index contributed by atoms with van der Waals surface area (Å²) < 4.78 is 5.83. The quantitative estimate of drug-likeness (QED) is 0.620. The van der Waals surface area contributed by atoms with Gasteiger partial charge in [-0.2, -0.15) is 0 Å². The zero-order valence-electron chi connectivity index (χ0n) is 16.7. The van der Waals surface area contributed by atoms with E-state index in [-0.39, 0.29) is 5.91 Å². The number of benzene rings is 3.